The van der Waals surface area contributed by atoms with E-state index < -0.39 is 0 Å². The molecule has 0 saturated heterocycles. The van der Waals surface area contributed by atoms with Crippen molar-refractivity contribution in [3.8, 4) is 0 Å². The first-order valence-corrected chi connectivity index (χ1v) is 8.93. The molecule has 3 heteroatoms. The minimum Gasteiger partial charge on any atom is -0.356 e. The summed E-state index contributed by atoms with van der Waals surface area (Å²) in [5, 5.41) is 6.66. The van der Waals surface area contributed by atoms with Crippen molar-refractivity contribution in [2.24, 2.45) is 5.92 Å². The second kappa shape index (κ2) is 7.08. The Morgan fingerprint density at radius 1 is 1.19 bits per heavy atom. The largest absolute Gasteiger partial charge is 0.356 e. The number of carbonyl (C=O) groups excluding carboxylic acids is 1. The predicted octanol–water partition coefficient (Wildman–Crippen LogP) is 4.53. The van der Waals surface area contributed by atoms with Crippen LogP contribution in [0.1, 0.15) is 44.1 Å². The van der Waals surface area contributed by atoms with Crippen LogP contribution in [-0.4, -0.2) is 12.5 Å². The molecule has 0 spiro atoms. The summed E-state index contributed by atoms with van der Waals surface area (Å²) in [6.45, 7) is 0.756. The van der Waals surface area contributed by atoms with Gasteiger partial charge in [0, 0.05) is 17.7 Å². The van der Waals surface area contributed by atoms with Crippen molar-refractivity contribution in [3.63, 3.8) is 0 Å². The molecular formula is C18H23NOS. The average Bonchev–Trinajstić information content (AvgIpc) is 2.92. The van der Waals surface area contributed by atoms with Crippen LogP contribution in [0.4, 0.5) is 0 Å². The zero-order valence-corrected chi connectivity index (χ0v) is 13.3. The normalized spacial score (nSPS) is 16.2. The summed E-state index contributed by atoms with van der Waals surface area (Å²) in [5.74, 6) is 0.863. The van der Waals surface area contributed by atoms with Crippen molar-refractivity contribution < 1.29 is 4.79 Å². The van der Waals surface area contributed by atoms with Crippen LogP contribution in [-0.2, 0) is 11.2 Å². The lowest BCUT2D eigenvalue weighted by Gasteiger charge is -2.20. The van der Waals surface area contributed by atoms with E-state index >= 15 is 0 Å². The summed E-state index contributed by atoms with van der Waals surface area (Å²) in [6, 6.07) is 8.49. The number of benzene rings is 1. The van der Waals surface area contributed by atoms with E-state index in [4.69, 9.17) is 0 Å². The van der Waals surface area contributed by atoms with Gasteiger partial charge in [0.15, 0.2) is 0 Å². The average molecular weight is 301 g/mol. The Morgan fingerprint density at radius 2 is 2.00 bits per heavy atom. The molecule has 1 aliphatic rings. The molecule has 0 radical (unpaired) electrons. The van der Waals surface area contributed by atoms with Crippen molar-refractivity contribution >= 4 is 27.3 Å². The van der Waals surface area contributed by atoms with Gasteiger partial charge in [-0.2, -0.15) is 0 Å². The predicted molar refractivity (Wildman–Crippen MR) is 89.7 cm³/mol. The van der Waals surface area contributed by atoms with Gasteiger partial charge in [0.25, 0.3) is 0 Å². The monoisotopic (exact) mass is 301 g/mol. The third-order valence-corrected chi connectivity index (χ3v) is 5.49. The van der Waals surface area contributed by atoms with E-state index in [1.165, 1.54) is 47.8 Å². The van der Waals surface area contributed by atoms with Crippen molar-refractivity contribution in [1.29, 1.82) is 0 Å². The van der Waals surface area contributed by atoms with Crippen molar-refractivity contribution in [3.05, 3.63) is 35.2 Å². The lowest BCUT2D eigenvalue weighted by Crippen LogP contribution is -2.28. The summed E-state index contributed by atoms with van der Waals surface area (Å²) in [5.41, 5.74) is 1.36. The molecule has 2 aromatic rings. The maximum absolute atomic E-state index is 12.0. The Morgan fingerprint density at radius 3 is 2.86 bits per heavy atom. The number of thiophene rings is 1. The molecule has 0 bridgehead atoms. The summed E-state index contributed by atoms with van der Waals surface area (Å²) in [6.07, 6.45) is 8.09. The lowest BCUT2D eigenvalue weighted by atomic mass is 9.87. The van der Waals surface area contributed by atoms with Crippen LogP contribution in [0, 0.1) is 5.92 Å². The Hall–Kier alpha value is -1.35. The summed E-state index contributed by atoms with van der Waals surface area (Å²) in [7, 11) is 0. The quantitative estimate of drug-likeness (QED) is 0.863. The van der Waals surface area contributed by atoms with E-state index in [0.29, 0.717) is 5.92 Å². The molecule has 1 aliphatic carbocycles. The van der Waals surface area contributed by atoms with Gasteiger partial charge < -0.3 is 5.32 Å². The van der Waals surface area contributed by atoms with Gasteiger partial charge in [0.2, 0.25) is 5.91 Å². The maximum atomic E-state index is 12.0. The zero-order chi connectivity index (χ0) is 14.5. The molecule has 1 N–H and O–H groups in total. The van der Waals surface area contributed by atoms with E-state index in [2.05, 4.69) is 35.0 Å². The van der Waals surface area contributed by atoms with Crippen molar-refractivity contribution in [2.45, 2.75) is 44.9 Å². The molecule has 3 rings (SSSR count). The van der Waals surface area contributed by atoms with E-state index in [1.54, 1.807) is 11.3 Å². The second-order valence-corrected chi connectivity index (χ2v) is 6.98. The summed E-state index contributed by atoms with van der Waals surface area (Å²) < 4.78 is 1.33. The molecule has 21 heavy (non-hydrogen) atoms. The fourth-order valence-electron chi connectivity index (χ4n) is 3.29. The van der Waals surface area contributed by atoms with Gasteiger partial charge in [0.05, 0.1) is 0 Å². The number of rotatable bonds is 5. The number of amides is 1. The van der Waals surface area contributed by atoms with E-state index in [-0.39, 0.29) is 5.91 Å². The molecule has 1 aromatic carbocycles. The second-order valence-electron chi connectivity index (χ2n) is 6.07. The molecule has 2 nitrogen and oxygen atoms in total. The topological polar surface area (TPSA) is 29.1 Å². The first kappa shape index (κ1) is 14.6. The summed E-state index contributed by atoms with van der Waals surface area (Å²) >= 11 is 1.79. The van der Waals surface area contributed by atoms with Crippen LogP contribution in [0.25, 0.3) is 10.1 Å². The number of nitrogens with one attached hydrogen (secondary N) is 1. The standard InChI is InChI=1S/C18H23NOS/c20-18(12-14-6-2-1-3-7-14)19-11-10-15-13-21-17-9-5-4-8-16(15)17/h4-5,8-9,13-14H,1-3,6-7,10-12H2,(H,19,20). The molecule has 1 amide bonds. The van der Waals surface area contributed by atoms with Crippen LogP contribution in [0.5, 0.6) is 0 Å². The van der Waals surface area contributed by atoms with E-state index in [9.17, 15) is 4.79 Å². The smallest absolute Gasteiger partial charge is 0.220 e. The molecule has 1 heterocycles. The number of hydrogen-bond acceptors (Lipinski definition) is 2. The molecule has 1 fully saturated rings. The first-order chi connectivity index (χ1) is 10.3. The maximum Gasteiger partial charge on any atom is 0.220 e. The van der Waals surface area contributed by atoms with Crippen LogP contribution < -0.4 is 5.32 Å². The van der Waals surface area contributed by atoms with Gasteiger partial charge >= 0.3 is 0 Å². The molecular weight excluding hydrogens is 278 g/mol. The third-order valence-electron chi connectivity index (χ3n) is 4.48. The van der Waals surface area contributed by atoms with Crippen molar-refractivity contribution in [2.75, 3.05) is 6.54 Å². The molecule has 0 unspecified atom stereocenters. The van der Waals surface area contributed by atoms with Crippen LogP contribution in [0.15, 0.2) is 29.6 Å². The van der Waals surface area contributed by atoms with Gasteiger partial charge in [0.1, 0.15) is 0 Å². The molecule has 112 valence electrons. The lowest BCUT2D eigenvalue weighted by molar-refractivity contribution is -0.122. The molecule has 1 saturated carbocycles. The number of carbonyl (C=O) groups is 1. The third kappa shape index (κ3) is 3.85. The zero-order valence-electron chi connectivity index (χ0n) is 12.4. The SMILES string of the molecule is O=C(CC1CCCCC1)NCCc1csc2ccccc12. The van der Waals surface area contributed by atoms with Crippen molar-refractivity contribution in [1.82, 2.24) is 5.32 Å². The van der Waals surface area contributed by atoms with Gasteiger partial charge in [-0.25, -0.2) is 0 Å². The number of fused-ring (bicyclic) bond motifs is 1. The fraction of sp³-hybridized carbons (Fsp3) is 0.500. The highest BCUT2D eigenvalue weighted by molar-refractivity contribution is 7.17. The van der Waals surface area contributed by atoms with Gasteiger partial charge in [-0.3, -0.25) is 4.79 Å². The Bertz CT molecular complexity index is 598. The van der Waals surface area contributed by atoms with E-state index in [1.807, 2.05) is 0 Å². The number of hydrogen-bond donors (Lipinski definition) is 1. The Balaban J connectivity index is 1.46. The summed E-state index contributed by atoms with van der Waals surface area (Å²) in [4.78, 5) is 12.0. The highest BCUT2D eigenvalue weighted by atomic mass is 32.1. The molecule has 0 atom stereocenters. The Labute approximate surface area is 130 Å². The highest BCUT2D eigenvalue weighted by Gasteiger charge is 2.16. The van der Waals surface area contributed by atoms with Gasteiger partial charge in [-0.05, 0) is 47.6 Å². The molecule has 1 aromatic heterocycles. The molecule has 0 aliphatic heterocycles. The minimum absolute atomic E-state index is 0.237. The Kier molecular flexibility index (Phi) is 4.91. The van der Waals surface area contributed by atoms with Crippen LogP contribution >= 0.6 is 11.3 Å². The first-order valence-electron chi connectivity index (χ1n) is 8.05. The van der Waals surface area contributed by atoms with Crippen LogP contribution in [0.3, 0.4) is 0 Å². The van der Waals surface area contributed by atoms with Crippen LogP contribution in [0.2, 0.25) is 0 Å². The van der Waals surface area contributed by atoms with Gasteiger partial charge in [-0.1, -0.05) is 37.5 Å². The van der Waals surface area contributed by atoms with E-state index in [0.717, 1.165) is 19.4 Å². The minimum atomic E-state index is 0.237. The highest BCUT2D eigenvalue weighted by Crippen LogP contribution is 2.27. The fourth-order valence-corrected chi connectivity index (χ4v) is 4.29. The van der Waals surface area contributed by atoms with Gasteiger partial charge in [-0.15, -0.1) is 11.3 Å².